The van der Waals surface area contributed by atoms with E-state index in [1.807, 2.05) is 31.3 Å². The average molecular weight is 301 g/mol. The molecule has 1 aliphatic heterocycles. The Morgan fingerprint density at radius 2 is 2.27 bits per heavy atom. The van der Waals surface area contributed by atoms with Crippen molar-refractivity contribution in [1.29, 1.82) is 0 Å². The lowest BCUT2D eigenvalue weighted by Gasteiger charge is -2.32. The molecule has 0 spiro atoms. The number of aliphatic hydroxyl groups is 1. The second-order valence-electron chi connectivity index (χ2n) is 5.84. The number of hydrogen-bond donors (Lipinski definition) is 2. The zero-order valence-electron chi connectivity index (χ0n) is 13.0. The molecule has 5 nitrogen and oxygen atoms in total. The number of aryl methyl sites for hydroxylation is 1. The molecular weight excluding hydrogens is 278 g/mol. The van der Waals surface area contributed by atoms with Crippen LogP contribution < -0.4 is 10.2 Å². The summed E-state index contributed by atoms with van der Waals surface area (Å²) < 4.78 is 5.56. The van der Waals surface area contributed by atoms with Crippen molar-refractivity contribution >= 4 is 5.82 Å². The van der Waals surface area contributed by atoms with Gasteiger partial charge in [0.05, 0.1) is 12.6 Å². The smallest absolute Gasteiger partial charge is 0.133 e. The number of aliphatic hydroxyl groups excluding tert-OH is 1. The molecule has 1 fully saturated rings. The highest BCUT2D eigenvalue weighted by atomic mass is 16.3. The normalized spacial score (nSPS) is 18.6. The number of nitrogens with zero attached hydrogens (tertiary/aromatic N) is 2. The zero-order valence-corrected chi connectivity index (χ0v) is 13.0. The molecule has 0 radical (unpaired) electrons. The number of rotatable bonds is 5. The molecule has 22 heavy (non-hydrogen) atoms. The van der Waals surface area contributed by atoms with Crippen molar-refractivity contribution in [1.82, 2.24) is 10.3 Å². The van der Waals surface area contributed by atoms with Crippen molar-refractivity contribution in [2.45, 2.75) is 39.0 Å². The van der Waals surface area contributed by atoms with Gasteiger partial charge in [-0.2, -0.15) is 0 Å². The maximum Gasteiger partial charge on any atom is 0.133 e. The van der Waals surface area contributed by atoms with Crippen LogP contribution in [-0.4, -0.2) is 29.3 Å². The van der Waals surface area contributed by atoms with E-state index in [4.69, 9.17) is 4.42 Å². The number of nitrogens with one attached hydrogen (secondary N) is 1. The number of hydrogen-bond acceptors (Lipinski definition) is 5. The van der Waals surface area contributed by atoms with Crippen LogP contribution in [0.25, 0.3) is 0 Å². The zero-order chi connectivity index (χ0) is 15.4. The summed E-state index contributed by atoms with van der Waals surface area (Å²) in [6.07, 6.45) is 3.46. The Morgan fingerprint density at radius 3 is 3.05 bits per heavy atom. The van der Waals surface area contributed by atoms with Gasteiger partial charge in [-0.3, -0.25) is 0 Å². The van der Waals surface area contributed by atoms with E-state index in [0.717, 1.165) is 48.8 Å². The van der Waals surface area contributed by atoms with Gasteiger partial charge in [0, 0.05) is 31.4 Å². The van der Waals surface area contributed by atoms with Crippen LogP contribution in [0.3, 0.4) is 0 Å². The second-order valence-corrected chi connectivity index (χ2v) is 5.84. The highest BCUT2D eigenvalue weighted by molar-refractivity contribution is 5.47. The lowest BCUT2D eigenvalue weighted by molar-refractivity contribution is 0.154. The van der Waals surface area contributed by atoms with Crippen LogP contribution in [0.1, 0.15) is 29.9 Å². The maximum absolute atomic E-state index is 9.86. The predicted molar refractivity (Wildman–Crippen MR) is 85.7 cm³/mol. The summed E-state index contributed by atoms with van der Waals surface area (Å²) in [6.45, 7) is 5.00. The third kappa shape index (κ3) is 3.67. The summed E-state index contributed by atoms with van der Waals surface area (Å²) in [6, 6.07) is 8.01. The van der Waals surface area contributed by atoms with Crippen molar-refractivity contribution < 1.29 is 9.52 Å². The van der Waals surface area contributed by atoms with E-state index in [-0.39, 0.29) is 6.10 Å². The van der Waals surface area contributed by atoms with Gasteiger partial charge in [0.2, 0.25) is 0 Å². The van der Waals surface area contributed by atoms with Crippen molar-refractivity contribution in [3.05, 3.63) is 47.5 Å². The van der Waals surface area contributed by atoms with Gasteiger partial charge in [-0.25, -0.2) is 4.98 Å². The highest BCUT2D eigenvalue weighted by Crippen LogP contribution is 2.21. The minimum Gasteiger partial charge on any atom is -0.465 e. The largest absolute Gasteiger partial charge is 0.465 e. The van der Waals surface area contributed by atoms with Gasteiger partial charge >= 0.3 is 0 Å². The van der Waals surface area contributed by atoms with Crippen molar-refractivity contribution in [3.8, 4) is 0 Å². The van der Waals surface area contributed by atoms with E-state index in [2.05, 4.69) is 21.3 Å². The third-order valence-electron chi connectivity index (χ3n) is 3.97. The Hall–Kier alpha value is -1.85. The lowest BCUT2D eigenvalue weighted by atomic mass is 10.1. The Kier molecular flexibility index (Phi) is 4.75. The Labute approximate surface area is 131 Å². The van der Waals surface area contributed by atoms with E-state index in [1.54, 1.807) is 0 Å². The van der Waals surface area contributed by atoms with Crippen molar-refractivity contribution in [3.63, 3.8) is 0 Å². The molecular formula is C17H23N3O2. The molecule has 1 saturated heterocycles. The van der Waals surface area contributed by atoms with Gasteiger partial charge in [0.15, 0.2) is 0 Å². The van der Waals surface area contributed by atoms with Gasteiger partial charge in [-0.05, 0) is 38.0 Å². The quantitative estimate of drug-likeness (QED) is 0.887. The maximum atomic E-state index is 9.86. The van der Waals surface area contributed by atoms with Crippen LogP contribution in [0.2, 0.25) is 0 Å². The van der Waals surface area contributed by atoms with Gasteiger partial charge in [0.1, 0.15) is 17.3 Å². The van der Waals surface area contributed by atoms with Crippen LogP contribution in [-0.2, 0) is 13.1 Å². The van der Waals surface area contributed by atoms with E-state index < -0.39 is 0 Å². The summed E-state index contributed by atoms with van der Waals surface area (Å²) in [5, 5.41) is 13.3. The molecule has 0 aromatic carbocycles. The van der Waals surface area contributed by atoms with Gasteiger partial charge in [-0.1, -0.05) is 6.07 Å². The predicted octanol–water partition coefficient (Wildman–Crippen LogP) is 2.23. The molecule has 118 valence electrons. The number of anilines is 1. The molecule has 1 aliphatic rings. The molecule has 3 rings (SSSR count). The van der Waals surface area contributed by atoms with Gasteiger partial charge in [0.25, 0.3) is 0 Å². The summed E-state index contributed by atoms with van der Waals surface area (Å²) in [5.74, 6) is 2.85. The van der Waals surface area contributed by atoms with Crippen molar-refractivity contribution in [2.24, 2.45) is 0 Å². The van der Waals surface area contributed by atoms with Crippen LogP contribution in [0, 0.1) is 6.92 Å². The molecule has 2 aromatic rings. The van der Waals surface area contributed by atoms with Crippen LogP contribution >= 0.6 is 0 Å². The Morgan fingerprint density at radius 1 is 1.36 bits per heavy atom. The Balaban J connectivity index is 1.63. The first-order valence-corrected chi connectivity index (χ1v) is 7.85. The topological polar surface area (TPSA) is 61.5 Å². The Bertz CT molecular complexity index is 611. The van der Waals surface area contributed by atoms with Crippen molar-refractivity contribution in [2.75, 3.05) is 18.0 Å². The summed E-state index contributed by atoms with van der Waals surface area (Å²) in [4.78, 5) is 6.70. The summed E-state index contributed by atoms with van der Waals surface area (Å²) in [5.41, 5.74) is 1.15. The fraction of sp³-hybridized carbons (Fsp3) is 0.471. The number of pyridine rings is 1. The lowest BCUT2D eigenvalue weighted by Crippen LogP contribution is -2.39. The minimum atomic E-state index is -0.248. The first-order chi connectivity index (χ1) is 10.7. The molecule has 1 unspecified atom stereocenters. The molecule has 0 amide bonds. The molecule has 2 N–H and O–H groups in total. The van der Waals surface area contributed by atoms with E-state index >= 15 is 0 Å². The average Bonchev–Trinajstić information content (AvgIpc) is 2.93. The fourth-order valence-corrected chi connectivity index (χ4v) is 2.90. The molecule has 0 bridgehead atoms. The molecule has 1 atom stereocenters. The van der Waals surface area contributed by atoms with Gasteiger partial charge in [-0.15, -0.1) is 0 Å². The molecule has 2 aromatic heterocycles. The second kappa shape index (κ2) is 6.94. The number of β-amino-alcohol motifs (C(OH)–C–C–N with tert-alkyl or cyclic N) is 1. The van der Waals surface area contributed by atoms with E-state index in [9.17, 15) is 5.11 Å². The minimum absolute atomic E-state index is 0.248. The molecule has 0 aliphatic carbocycles. The highest BCUT2D eigenvalue weighted by Gasteiger charge is 2.20. The monoisotopic (exact) mass is 301 g/mol. The van der Waals surface area contributed by atoms with E-state index in [0.29, 0.717) is 13.1 Å². The number of piperidine rings is 1. The van der Waals surface area contributed by atoms with Crippen LogP contribution in [0.5, 0.6) is 0 Å². The summed E-state index contributed by atoms with van der Waals surface area (Å²) in [7, 11) is 0. The van der Waals surface area contributed by atoms with Crippen LogP contribution in [0.15, 0.2) is 34.9 Å². The number of aromatic nitrogens is 1. The van der Waals surface area contributed by atoms with Gasteiger partial charge < -0.3 is 19.7 Å². The standard InChI is InChI=1S/C17H23N3O2/c1-13-6-7-16(22-13)11-18-10-14-4-2-8-19-17(14)20-9-3-5-15(21)12-20/h2,4,6-8,15,18,21H,3,5,9-12H2,1H3. The molecule has 5 heteroatoms. The SMILES string of the molecule is Cc1ccc(CNCc2cccnc2N2CCCC(O)C2)o1. The molecule has 0 saturated carbocycles. The summed E-state index contributed by atoms with van der Waals surface area (Å²) >= 11 is 0. The molecule has 3 heterocycles. The van der Waals surface area contributed by atoms with Crippen LogP contribution in [0.4, 0.5) is 5.82 Å². The fourth-order valence-electron chi connectivity index (χ4n) is 2.90. The first-order valence-electron chi connectivity index (χ1n) is 7.85. The van der Waals surface area contributed by atoms with E-state index in [1.165, 1.54) is 0 Å². The first kappa shape index (κ1) is 15.1. The number of furan rings is 1. The third-order valence-corrected chi connectivity index (χ3v) is 3.97.